The van der Waals surface area contributed by atoms with Crippen molar-refractivity contribution in [3.63, 3.8) is 0 Å². The summed E-state index contributed by atoms with van der Waals surface area (Å²) in [6.07, 6.45) is 0. The number of nitrogens with one attached hydrogen (secondary N) is 2. The van der Waals surface area contributed by atoms with Gasteiger partial charge < -0.3 is 10.6 Å². The molecule has 0 spiro atoms. The van der Waals surface area contributed by atoms with E-state index < -0.39 is 4.92 Å². The summed E-state index contributed by atoms with van der Waals surface area (Å²) in [5.74, 6) is -0.205. The fourth-order valence-corrected chi connectivity index (χ4v) is 2.22. The molecule has 2 N–H and O–H groups in total. The monoisotopic (exact) mass is 333 g/mol. The number of nitro benzene ring substituents is 1. The molecule has 0 heterocycles. The summed E-state index contributed by atoms with van der Waals surface area (Å²) in [4.78, 5) is 22.1. The highest BCUT2D eigenvalue weighted by Crippen LogP contribution is 2.27. The second kappa shape index (κ2) is 7.60. The Balaban J connectivity index is 1.87. The fourth-order valence-electron chi connectivity index (χ4n) is 2.03. The van der Waals surface area contributed by atoms with Gasteiger partial charge in [0.1, 0.15) is 5.02 Å². The molecule has 6 nitrogen and oxygen atoms in total. The van der Waals surface area contributed by atoms with E-state index in [0.717, 1.165) is 11.1 Å². The predicted molar refractivity (Wildman–Crippen MR) is 89.6 cm³/mol. The van der Waals surface area contributed by atoms with Crippen LogP contribution >= 0.6 is 11.6 Å². The molecule has 0 aromatic heterocycles. The molecule has 0 atom stereocenters. The van der Waals surface area contributed by atoms with Crippen LogP contribution in [0.2, 0.25) is 5.02 Å². The highest BCUT2D eigenvalue weighted by molar-refractivity contribution is 6.32. The van der Waals surface area contributed by atoms with Crippen LogP contribution in [0.5, 0.6) is 0 Å². The first kappa shape index (κ1) is 16.8. The van der Waals surface area contributed by atoms with Gasteiger partial charge in [0.2, 0.25) is 5.91 Å². The van der Waals surface area contributed by atoms with Crippen LogP contribution in [-0.4, -0.2) is 17.4 Å². The maximum atomic E-state index is 11.8. The first-order chi connectivity index (χ1) is 11.0. The number of carbonyl (C=O) groups excluding carboxylic acids is 1. The molecule has 120 valence electrons. The molecule has 0 fully saturated rings. The van der Waals surface area contributed by atoms with Crippen LogP contribution in [0.15, 0.2) is 42.5 Å². The molecule has 2 rings (SSSR count). The van der Waals surface area contributed by atoms with E-state index in [2.05, 4.69) is 10.6 Å². The number of nitro groups is 1. The Morgan fingerprint density at radius 1 is 1.26 bits per heavy atom. The van der Waals surface area contributed by atoms with Crippen LogP contribution in [0.3, 0.4) is 0 Å². The smallest absolute Gasteiger partial charge is 0.289 e. The van der Waals surface area contributed by atoms with Crippen LogP contribution in [0.25, 0.3) is 0 Å². The molecule has 0 aliphatic heterocycles. The van der Waals surface area contributed by atoms with Crippen LogP contribution in [0.1, 0.15) is 11.1 Å². The highest BCUT2D eigenvalue weighted by atomic mass is 35.5. The molecule has 0 bridgehead atoms. The molecular weight excluding hydrogens is 318 g/mol. The van der Waals surface area contributed by atoms with Crippen LogP contribution in [0, 0.1) is 17.0 Å². The molecular formula is C16H16ClN3O3. The van der Waals surface area contributed by atoms with Crippen molar-refractivity contribution < 1.29 is 9.72 Å². The lowest BCUT2D eigenvalue weighted by Gasteiger charge is -2.08. The average Bonchev–Trinajstić information content (AvgIpc) is 2.52. The van der Waals surface area contributed by atoms with Crippen molar-refractivity contribution in [2.45, 2.75) is 13.5 Å². The summed E-state index contributed by atoms with van der Waals surface area (Å²) in [5, 5.41) is 16.5. The summed E-state index contributed by atoms with van der Waals surface area (Å²) in [6.45, 7) is 2.44. The summed E-state index contributed by atoms with van der Waals surface area (Å²) < 4.78 is 0. The Bertz CT molecular complexity index is 734. The normalized spacial score (nSPS) is 10.2. The maximum absolute atomic E-state index is 11.8. The molecule has 2 aromatic carbocycles. The Hall–Kier alpha value is -2.60. The quantitative estimate of drug-likeness (QED) is 0.627. The van der Waals surface area contributed by atoms with E-state index in [0.29, 0.717) is 12.2 Å². The molecule has 0 unspecified atom stereocenters. The Morgan fingerprint density at radius 2 is 2.04 bits per heavy atom. The minimum atomic E-state index is -0.564. The van der Waals surface area contributed by atoms with E-state index in [9.17, 15) is 14.9 Å². The zero-order valence-electron chi connectivity index (χ0n) is 12.5. The van der Waals surface area contributed by atoms with E-state index >= 15 is 0 Å². The van der Waals surface area contributed by atoms with Crippen molar-refractivity contribution in [1.82, 2.24) is 5.32 Å². The fraction of sp³-hybridized carbons (Fsp3) is 0.188. The molecule has 7 heteroatoms. The average molecular weight is 334 g/mol. The van der Waals surface area contributed by atoms with Gasteiger partial charge in [0.05, 0.1) is 11.5 Å². The van der Waals surface area contributed by atoms with Crippen molar-refractivity contribution >= 4 is 28.9 Å². The van der Waals surface area contributed by atoms with E-state index in [1.54, 1.807) is 6.07 Å². The van der Waals surface area contributed by atoms with Gasteiger partial charge in [0.15, 0.2) is 0 Å². The van der Waals surface area contributed by atoms with Crippen molar-refractivity contribution in [1.29, 1.82) is 0 Å². The van der Waals surface area contributed by atoms with E-state index in [1.807, 2.05) is 31.2 Å². The third-order valence-corrected chi connectivity index (χ3v) is 3.49. The van der Waals surface area contributed by atoms with Gasteiger partial charge in [-0.25, -0.2) is 0 Å². The van der Waals surface area contributed by atoms with Gasteiger partial charge in [-0.3, -0.25) is 14.9 Å². The number of benzene rings is 2. The molecule has 1 amide bonds. The van der Waals surface area contributed by atoms with E-state index in [-0.39, 0.29) is 23.2 Å². The minimum Gasteiger partial charge on any atom is -0.376 e. The highest BCUT2D eigenvalue weighted by Gasteiger charge is 2.13. The summed E-state index contributed by atoms with van der Waals surface area (Å²) in [5.41, 5.74) is 2.41. The number of anilines is 1. The second-order valence-electron chi connectivity index (χ2n) is 5.04. The number of aryl methyl sites for hydroxylation is 1. The first-order valence-electron chi connectivity index (χ1n) is 6.96. The van der Waals surface area contributed by atoms with Crippen molar-refractivity contribution in [2.24, 2.45) is 0 Å². The van der Waals surface area contributed by atoms with Gasteiger partial charge in [-0.15, -0.1) is 0 Å². The number of hydrogen-bond donors (Lipinski definition) is 2. The lowest BCUT2D eigenvalue weighted by Crippen LogP contribution is -2.29. The number of nitrogens with zero attached hydrogens (tertiary/aromatic N) is 1. The van der Waals surface area contributed by atoms with Gasteiger partial charge >= 0.3 is 0 Å². The zero-order chi connectivity index (χ0) is 16.8. The lowest BCUT2D eigenvalue weighted by molar-refractivity contribution is -0.384. The van der Waals surface area contributed by atoms with Gasteiger partial charge in [-0.1, -0.05) is 41.4 Å². The standard InChI is InChI=1S/C16H16ClN3O3/c1-11-3-2-4-12(7-11)9-19-16(21)10-18-13-5-6-14(17)15(8-13)20(22)23/h2-8,18H,9-10H2,1H3,(H,19,21). The Morgan fingerprint density at radius 3 is 2.74 bits per heavy atom. The molecule has 0 aliphatic rings. The van der Waals surface area contributed by atoms with Gasteiger partial charge in [0.25, 0.3) is 5.69 Å². The molecule has 0 aliphatic carbocycles. The Labute approximate surface area is 138 Å². The number of amides is 1. The molecule has 23 heavy (non-hydrogen) atoms. The first-order valence-corrected chi connectivity index (χ1v) is 7.33. The third kappa shape index (κ3) is 4.96. The SMILES string of the molecule is Cc1cccc(CNC(=O)CNc2ccc(Cl)c([N+](=O)[O-])c2)c1. The number of carbonyl (C=O) groups is 1. The lowest BCUT2D eigenvalue weighted by atomic mass is 10.1. The van der Waals surface area contributed by atoms with Crippen LogP contribution < -0.4 is 10.6 Å². The van der Waals surface area contributed by atoms with E-state index in [4.69, 9.17) is 11.6 Å². The van der Waals surface area contributed by atoms with Gasteiger partial charge in [0, 0.05) is 18.3 Å². The summed E-state index contributed by atoms with van der Waals surface area (Å²) in [7, 11) is 0. The number of halogens is 1. The predicted octanol–water partition coefficient (Wildman–Crippen LogP) is 3.28. The third-order valence-electron chi connectivity index (χ3n) is 3.17. The second-order valence-corrected chi connectivity index (χ2v) is 5.45. The van der Waals surface area contributed by atoms with Gasteiger partial charge in [-0.2, -0.15) is 0 Å². The minimum absolute atomic E-state index is 0.0185. The molecule has 0 saturated heterocycles. The largest absolute Gasteiger partial charge is 0.376 e. The molecule has 0 saturated carbocycles. The molecule has 0 radical (unpaired) electrons. The van der Waals surface area contributed by atoms with Crippen LogP contribution in [-0.2, 0) is 11.3 Å². The van der Waals surface area contributed by atoms with Gasteiger partial charge in [-0.05, 0) is 24.6 Å². The topological polar surface area (TPSA) is 84.3 Å². The van der Waals surface area contributed by atoms with Crippen molar-refractivity contribution in [2.75, 3.05) is 11.9 Å². The number of rotatable bonds is 6. The van der Waals surface area contributed by atoms with Crippen molar-refractivity contribution in [3.05, 3.63) is 68.7 Å². The van der Waals surface area contributed by atoms with Crippen molar-refractivity contribution in [3.8, 4) is 0 Å². The zero-order valence-corrected chi connectivity index (χ0v) is 13.3. The Kier molecular flexibility index (Phi) is 5.54. The maximum Gasteiger partial charge on any atom is 0.289 e. The summed E-state index contributed by atoms with van der Waals surface area (Å²) >= 11 is 5.74. The van der Waals surface area contributed by atoms with Crippen LogP contribution in [0.4, 0.5) is 11.4 Å². The van der Waals surface area contributed by atoms with E-state index in [1.165, 1.54) is 12.1 Å². The summed E-state index contributed by atoms with van der Waals surface area (Å²) in [6, 6.07) is 12.2. The molecule has 2 aromatic rings. The number of hydrogen-bond acceptors (Lipinski definition) is 4.